The normalized spacial score (nSPS) is 11.3. The molecule has 0 fully saturated rings. The Kier molecular flexibility index (Phi) is 4.28. The minimum atomic E-state index is 0.886. The smallest absolute Gasteiger partial charge is 0.138 e. The number of hydrogen-bond donors (Lipinski definition) is 2. The lowest BCUT2D eigenvalue weighted by Gasteiger charge is -2.06. The van der Waals surface area contributed by atoms with Crippen LogP contribution in [0.5, 0.6) is 0 Å². The van der Waals surface area contributed by atoms with Crippen LogP contribution in [0.4, 0.5) is 0 Å². The molecule has 30 heavy (non-hydrogen) atoms. The van der Waals surface area contributed by atoms with Crippen molar-refractivity contribution in [3.05, 3.63) is 83.0 Å². The summed E-state index contributed by atoms with van der Waals surface area (Å²) in [5.41, 5.74) is 11.1. The summed E-state index contributed by atoms with van der Waals surface area (Å²) in [4.78, 5) is 16.6. The highest BCUT2D eigenvalue weighted by atomic mass is 14.9. The average molecular weight is 393 g/mol. The summed E-state index contributed by atoms with van der Waals surface area (Å²) < 4.78 is 0. The van der Waals surface area contributed by atoms with Gasteiger partial charge in [0.15, 0.2) is 0 Å². The second-order valence-electron chi connectivity index (χ2n) is 8.01. The van der Waals surface area contributed by atoms with E-state index in [4.69, 9.17) is 9.97 Å². The molecule has 4 nitrogen and oxygen atoms in total. The van der Waals surface area contributed by atoms with E-state index < -0.39 is 0 Å². The summed E-state index contributed by atoms with van der Waals surface area (Å²) >= 11 is 0. The fourth-order valence-electron chi connectivity index (χ4n) is 4.09. The number of imidazole rings is 2. The third-order valence-corrected chi connectivity index (χ3v) is 5.67. The molecule has 2 heterocycles. The number of nitrogens with zero attached hydrogens (tertiary/aromatic N) is 2. The Morgan fingerprint density at radius 3 is 2.10 bits per heavy atom. The van der Waals surface area contributed by atoms with Gasteiger partial charge in [0, 0.05) is 22.4 Å². The van der Waals surface area contributed by atoms with E-state index in [1.54, 1.807) is 0 Å². The van der Waals surface area contributed by atoms with E-state index in [-0.39, 0.29) is 0 Å². The van der Waals surface area contributed by atoms with Gasteiger partial charge in [-0.3, -0.25) is 0 Å². The average Bonchev–Trinajstić information content (AvgIpc) is 3.31. The molecule has 0 unspecified atom stereocenters. The number of aromatic nitrogens is 4. The lowest BCUT2D eigenvalue weighted by atomic mass is 10.0. The molecule has 0 spiro atoms. The van der Waals surface area contributed by atoms with E-state index in [1.807, 2.05) is 0 Å². The molecule has 3 aromatic carbocycles. The third kappa shape index (κ3) is 3.11. The lowest BCUT2D eigenvalue weighted by molar-refractivity contribution is 1.23. The van der Waals surface area contributed by atoms with Crippen LogP contribution in [-0.2, 0) is 0 Å². The number of rotatable bonds is 3. The molecular weight excluding hydrogens is 368 g/mol. The van der Waals surface area contributed by atoms with E-state index in [9.17, 15) is 0 Å². The third-order valence-electron chi connectivity index (χ3n) is 5.67. The van der Waals surface area contributed by atoms with Crippen LogP contribution < -0.4 is 0 Å². The molecule has 0 bridgehead atoms. The molecule has 0 saturated heterocycles. The fourth-order valence-corrected chi connectivity index (χ4v) is 4.09. The zero-order valence-electron chi connectivity index (χ0n) is 17.7. The first-order chi connectivity index (χ1) is 14.5. The van der Waals surface area contributed by atoms with Crippen molar-refractivity contribution in [3.8, 4) is 34.0 Å². The van der Waals surface area contributed by atoms with Crippen LogP contribution >= 0.6 is 0 Å². The number of H-pyrrole nitrogens is 2. The number of fused-ring (bicyclic) bond motifs is 1. The van der Waals surface area contributed by atoms with Crippen molar-refractivity contribution in [1.82, 2.24) is 19.9 Å². The molecule has 0 saturated carbocycles. The molecule has 5 rings (SSSR count). The molecule has 0 radical (unpaired) electrons. The van der Waals surface area contributed by atoms with Gasteiger partial charge in [0.2, 0.25) is 0 Å². The molecule has 4 heteroatoms. The van der Waals surface area contributed by atoms with Crippen LogP contribution in [0, 0.1) is 27.7 Å². The van der Waals surface area contributed by atoms with Crippen LogP contribution in [0.25, 0.3) is 45.1 Å². The van der Waals surface area contributed by atoms with Gasteiger partial charge in [-0.25, -0.2) is 9.97 Å². The van der Waals surface area contributed by atoms with E-state index >= 15 is 0 Å². The van der Waals surface area contributed by atoms with Crippen LogP contribution in [0.3, 0.4) is 0 Å². The van der Waals surface area contributed by atoms with Gasteiger partial charge in [0.1, 0.15) is 11.6 Å². The van der Waals surface area contributed by atoms with Gasteiger partial charge in [0.05, 0.1) is 16.7 Å². The highest BCUT2D eigenvalue weighted by Crippen LogP contribution is 2.30. The maximum Gasteiger partial charge on any atom is 0.138 e. The molecule has 2 N–H and O–H groups in total. The lowest BCUT2D eigenvalue weighted by Crippen LogP contribution is -1.89. The van der Waals surface area contributed by atoms with Gasteiger partial charge in [-0.2, -0.15) is 0 Å². The van der Waals surface area contributed by atoms with E-state index in [0.29, 0.717) is 0 Å². The van der Waals surface area contributed by atoms with Crippen molar-refractivity contribution in [2.75, 3.05) is 0 Å². The second kappa shape index (κ2) is 6.99. The molecular formula is C26H24N4. The van der Waals surface area contributed by atoms with Crippen LogP contribution in [-0.4, -0.2) is 19.9 Å². The first-order valence-electron chi connectivity index (χ1n) is 10.2. The Morgan fingerprint density at radius 2 is 1.37 bits per heavy atom. The molecule has 0 aliphatic heterocycles. The SMILES string of the molecule is Cc1ccc2nc(-c3ccc(-c4nc(-c5c(C)cccc5C)[nH]c4C)cc3)[nH]c2c1. The van der Waals surface area contributed by atoms with Crippen molar-refractivity contribution < 1.29 is 0 Å². The number of aryl methyl sites for hydroxylation is 4. The summed E-state index contributed by atoms with van der Waals surface area (Å²) in [5, 5.41) is 0. The molecule has 0 aliphatic rings. The van der Waals surface area contributed by atoms with Crippen molar-refractivity contribution in [3.63, 3.8) is 0 Å². The minimum Gasteiger partial charge on any atom is -0.342 e. The summed E-state index contributed by atoms with van der Waals surface area (Å²) in [6.07, 6.45) is 0. The summed E-state index contributed by atoms with van der Waals surface area (Å²) in [7, 11) is 0. The van der Waals surface area contributed by atoms with Crippen LogP contribution in [0.15, 0.2) is 60.7 Å². The van der Waals surface area contributed by atoms with Crippen molar-refractivity contribution in [2.45, 2.75) is 27.7 Å². The maximum absolute atomic E-state index is 4.94. The molecule has 0 aliphatic carbocycles. The van der Waals surface area contributed by atoms with Gasteiger partial charge in [0.25, 0.3) is 0 Å². The zero-order valence-corrected chi connectivity index (χ0v) is 17.7. The van der Waals surface area contributed by atoms with Crippen molar-refractivity contribution in [1.29, 1.82) is 0 Å². The number of hydrogen-bond acceptors (Lipinski definition) is 2. The fraction of sp³-hybridized carbons (Fsp3) is 0.154. The highest BCUT2D eigenvalue weighted by molar-refractivity contribution is 5.80. The van der Waals surface area contributed by atoms with Gasteiger partial charge in [-0.1, -0.05) is 48.5 Å². The standard InChI is InChI=1S/C26H24N4/c1-15-8-13-21-22(14-15)29-25(28-21)20-11-9-19(10-12-20)24-18(4)27-26(30-24)23-16(2)6-5-7-17(23)3/h5-14H,1-4H3,(H,27,30)(H,28,29). The predicted octanol–water partition coefficient (Wildman–Crippen LogP) is 6.52. The van der Waals surface area contributed by atoms with Gasteiger partial charge >= 0.3 is 0 Å². The van der Waals surface area contributed by atoms with Gasteiger partial charge < -0.3 is 9.97 Å². The second-order valence-corrected chi connectivity index (χ2v) is 8.01. The van der Waals surface area contributed by atoms with Crippen LogP contribution in [0.1, 0.15) is 22.4 Å². The van der Waals surface area contributed by atoms with E-state index in [0.717, 1.165) is 45.2 Å². The Balaban J connectivity index is 1.50. The molecule has 148 valence electrons. The van der Waals surface area contributed by atoms with E-state index in [2.05, 4.69) is 98.3 Å². The Morgan fingerprint density at radius 1 is 0.667 bits per heavy atom. The van der Waals surface area contributed by atoms with Gasteiger partial charge in [-0.05, 0) is 56.5 Å². The largest absolute Gasteiger partial charge is 0.342 e. The number of nitrogens with one attached hydrogen (secondary N) is 2. The molecule has 0 atom stereocenters. The zero-order chi connectivity index (χ0) is 20.8. The predicted molar refractivity (Wildman–Crippen MR) is 123 cm³/mol. The van der Waals surface area contributed by atoms with Gasteiger partial charge in [-0.15, -0.1) is 0 Å². The minimum absolute atomic E-state index is 0.886. The highest BCUT2D eigenvalue weighted by Gasteiger charge is 2.14. The molecule has 0 amide bonds. The number of benzene rings is 3. The van der Waals surface area contributed by atoms with E-state index in [1.165, 1.54) is 22.3 Å². The first kappa shape index (κ1) is 18.4. The quantitative estimate of drug-likeness (QED) is 0.367. The summed E-state index contributed by atoms with van der Waals surface area (Å²) in [5.74, 6) is 1.81. The Bertz CT molecular complexity index is 1350. The van der Waals surface area contributed by atoms with Crippen molar-refractivity contribution >= 4 is 11.0 Å². The summed E-state index contributed by atoms with van der Waals surface area (Å²) in [6, 6.07) is 21.1. The Hall–Kier alpha value is -3.66. The molecule has 2 aromatic heterocycles. The maximum atomic E-state index is 4.94. The Labute approximate surface area is 176 Å². The molecule has 5 aromatic rings. The number of aromatic amines is 2. The van der Waals surface area contributed by atoms with Crippen molar-refractivity contribution in [2.24, 2.45) is 0 Å². The van der Waals surface area contributed by atoms with Crippen LogP contribution in [0.2, 0.25) is 0 Å². The summed E-state index contributed by atoms with van der Waals surface area (Å²) in [6.45, 7) is 8.43. The monoisotopic (exact) mass is 392 g/mol. The topological polar surface area (TPSA) is 57.4 Å². The first-order valence-corrected chi connectivity index (χ1v) is 10.2.